The van der Waals surface area contributed by atoms with E-state index in [1.807, 2.05) is 16.8 Å². The first kappa shape index (κ1) is 11.8. The van der Waals surface area contributed by atoms with Crippen molar-refractivity contribution in [3.63, 3.8) is 0 Å². The minimum atomic E-state index is -0.651. The Morgan fingerprint density at radius 2 is 2.44 bits per heavy atom. The summed E-state index contributed by atoms with van der Waals surface area (Å²) in [5.74, 6) is 0. The predicted octanol–water partition coefficient (Wildman–Crippen LogP) is 0.735. The molecule has 3 N–H and O–H groups in total. The van der Waals surface area contributed by atoms with Crippen LogP contribution < -0.4 is 0 Å². The van der Waals surface area contributed by atoms with E-state index in [2.05, 4.69) is 9.97 Å². The number of aliphatic hydroxyl groups excluding tert-OH is 2. The standard InChI is InChI=1S/C11H13N3O3S/c15-4-8-7(16)3-9(17-8)14-2-1-6-10(14)12-5-13-11(6)18/h1-2,5,7-9,15-16H,3-4H2,(H,12,13,18)/t7-,8+,9+/m0/s1. The zero-order chi connectivity index (χ0) is 12.7. The van der Waals surface area contributed by atoms with Gasteiger partial charge in [-0.2, -0.15) is 0 Å². The second-order valence-electron chi connectivity index (χ2n) is 4.31. The highest BCUT2D eigenvalue weighted by Gasteiger charge is 2.34. The Bertz CT molecular complexity index is 623. The third-order valence-corrected chi connectivity index (χ3v) is 3.55. The third kappa shape index (κ3) is 1.76. The molecule has 0 spiro atoms. The van der Waals surface area contributed by atoms with Crippen LogP contribution in [0, 0.1) is 4.64 Å². The number of hydrogen-bond acceptors (Lipinski definition) is 5. The number of nitrogens with zero attached hydrogens (tertiary/aromatic N) is 2. The summed E-state index contributed by atoms with van der Waals surface area (Å²) in [5, 5.41) is 19.7. The van der Waals surface area contributed by atoms with E-state index in [9.17, 15) is 5.11 Å². The SMILES string of the molecule is OC[C@H]1O[C@@H](n2ccc3c(=S)nc[nH]c32)C[C@@H]1O. The van der Waals surface area contributed by atoms with Gasteiger partial charge in [-0.15, -0.1) is 0 Å². The van der Waals surface area contributed by atoms with Gasteiger partial charge in [-0.1, -0.05) is 12.2 Å². The average molecular weight is 267 g/mol. The lowest BCUT2D eigenvalue weighted by Gasteiger charge is -2.14. The zero-order valence-electron chi connectivity index (χ0n) is 9.48. The molecule has 0 radical (unpaired) electrons. The summed E-state index contributed by atoms with van der Waals surface area (Å²) >= 11 is 5.14. The quantitative estimate of drug-likeness (QED) is 0.699. The van der Waals surface area contributed by atoms with E-state index in [0.29, 0.717) is 11.1 Å². The molecule has 2 aromatic rings. The monoisotopic (exact) mass is 267 g/mol. The molecule has 2 aromatic heterocycles. The number of aliphatic hydroxyl groups is 2. The third-order valence-electron chi connectivity index (χ3n) is 3.22. The Balaban J connectivity index is 2.01. The summed E-state index contributed by atoms with van der Waals surface area (Å²) in [5.41, 5.74) is 0.811. The van der Waals surface area contributed by atoms with Gasteiger partial charge in [0.15, 0.2) is 0 Å². The van der Waals surface area contributed by atoms with Crippen LogP contribution in [0.3, 0.4) is 0 Å². The van der Waals surface area contributed by atoms with Crippen molar-refractivity contribution in [1.82, 2.24) is 14.5 Å². The van der Waals surface area contributed by atoms with Crippen LogP contribution in [-0.2, 0) is 4.74 Å². The van der Waals surface area contributed by atoms with Crippen LogP contribution in [0.2, 0.25) is 0 Å². The maximum absolute atomic E-state index is 9.74. The Morgan fingerprint density at radius 1 is 1.61 bits per heavy atom. The number of hydrogen-bond donors (Lipinski definition) is 3. The summed E-state index contributed by atoms with van der Waals surface area (Å²) in [7, 11) is 0. The van der Waals surface area contributed by atoms with Crippen LogP contribution in [0.1, 0.15) is 12.6 Å². The molecule has 6 nitrogen and oxygen atoms in total. The summed E-state index contributed by atoms with van der Waals surface area (Å²) in [4.78, 5) is 7.03. The molecule has 0 aromatic carbocycles. The first-order valence-electron chi connectivity index (χ1n) is 5.69. The van der Waals surface area contributed by atoms with Gasteiger partial charge in [-0.3, -0.25) is 0 Å². The molecule has 1 saturated heterocycles. The summed E-state index contributed by atoms with van der Waals surface area (Å²) in [6.45, 7) is -0.186. The lowest BCUT2D eigenvalue weighted by atomic mass is 10.2. The van der Waals surface area contributed by atoms with E-state index >= 15 is 0 Å². The van der Waals surface area contributed by atoms with Gasteiger partial charge < -0.3 is 24.5 Å². The van der Waals surface area contributed by atoms with Crippen LogP contribution in [-0.4, -0.2) is 43.6 Å². The molecule has 3 heterocycles. The van der Waals surface area contributed by atoms with Crippen LogP contribution in [0.25, 0.3) is 11.0 Å². The Kier molecular flexibility index (Phi) is 2.90. The molecule has 0 bridgehead atoms. The molecule has 0 amide bonds. The smallest absolute Gasteiger partial charge is 0.138 e. The molecule has 1 aliphatic heterocycles. The minimum Gasteiger partial charge on any atom is -0.394 e. The van der Waals surface area contributed by atoms with Crippen molar-refractivity contribution in [2.75, 3.05) is 6.61 Å². The van der Waals surface area contributed by atoms with Crippen molar-refractivity contribution in [3.8, 4) is 0 Å². The molecule has 1 aliphatic rings. The van der Waals surface area contributed by atoms with Crippen LogP contribution >= 0.6 is 12.2 Å². The second kappa shape index (κ2) is 4.43. The van der Waals surface area contributed by atoms with Crippen molar-refractivity contribution in [1.29, 1.82) is 0 Å². The fourth-order valence-corrected chi connectivity index (χ4v) is 2.50. The van der Waals surface area contributed by atoms with E-state index < -0.39 is 12.2 Å². The normalized spacial score (nSPS) is 28.0. The number of H-pyrrole nitrogens is 1. The predicted molar refractivity (Wildman–Crippen MR) is 66.5 cm³/mol. The van der Waals surface area contributed by atoms with Gasteiger partial charge in [-0.05, 0) is 6.07 Å². The Morgan fingerprint density at radius 3 is 3.17 bits per heavy atom. The molecular weight excluding hydrogens is 254 g/mol. The minimum absolute atomic E-state index is 0.186. The van der Waals surface area contributed by atoms with Crippen LogP contribution in [0.15, 0.2) is 18.6 Å². The molecule has 3 rings (SSSR count). The highest BCUT2D eigenvalue weighted by atomic mass is 32.1. The summed E-state index contributed by atoms with van der Waals surface area (Å²) in [6, 6.07) is 1.86. The number of aromatic amines is 1. The number of ether oxygens (including phenoxy) is 1. The number of nitrogens with one attached hydrogen (secondary N) is 1. The van der Waals surface area contributed by atoms with Gasteiger partial charge >= 0.3 is 0 Å². The molecule has 7 heteroatoms. The van der Waals surface area contributed by atoms with Gasteiger partial charge in [0.25, 0.3) is 0 Å². The highest BCUT2D eigenvalue weighted by molar-refractivity contribution is 7.71. The lowest BCUT2D eigenvalue weighted by Crippen LogP contribution is -2.24. The average Bonchev–Trinajstić information content (AvgIpc) is 2.93. The fourth-order valence-electron chi connectivity index (χ4n) is 2.28. The fraction of sp³-hybridized carbons (Fsp3) is 0.455. The van der Waals surface area contributed by atoms with E-state index in [0.717, 1.165) is 11.0 Å². The van der Waals surface area contributed by atoms with E-state index in [4.69, 9.17) is 22.1 Å². The van der Waals surface area contributed by atoms with Gasteiger partial charge in [-0.25, -0.2) is 4.98 Å². The van der Waals surface area contributed by atoms with Gasteiger partial charge in [0.1, 0.15) is 22.6 Å². The lowest BCUT2D eigenvalue weighted by molar-refractivity contribution is -0.0430. The van der Waals surface area contributed by atoms with Gasteiger partial charge in [0.05, 0.1) is 24.4 Å². The summed E-state index contributed by atoms with van der Waals surface area (Å²) < 4.78 is 8.00. The molecule has 18 heavy (non-hydrogen) atoms. The Hall–Kier alpha value is -1.28. The zero-order valence-corrected chi connectivity index (χ0v) is 10.3. The van der Waals surface area contributed by atoms with Crippen LogP contribution in [0.5, 0.6) is 0 Å². The van der Waals surface area contributed by atoms with Gasteiger partial charge in [0.2, 0.25) is 0 Å². The van der Waals surface area contributed by atoms with E-state index in [-0.39, 0.29) is 12.8 Å². The molecular formula is C11H13N3O3S. The molecule has 0 unspecified atom stereocenters. The molecule has 3 atom stereocenters. The molecule has 96 valence electrons. The summed E-state index contributed by atoms with van der Waals surface area (Å²) in [6.07, 6.45) is 2.34. The van der Waals surface area contributed by atoms with Crippen molar-refractivity contribution in [2.45, 2.75) is 24.9 Å². The topological polar surface area (TPSA) is 83.3 Å². The highest BCUT2D eigenvalue weighted by Crippen LogP contribution is 2.31. The maximum Gasteiger partial charge on any atom is 0.138 e. The Labute approximate surface area is 108 Å². The van der Waals surface area contributed by atoms with E-state index in [1.165, 1.54) is 6.33 Å². The van der Waals surface area contributed by atoms with Crippen molar-refractivity contribution in [3.05, 3.63) is 23.2 Å². The first-order chi connectivity index (χ1) is 8.70. The maximum atomic E-state index is 9.74. The van der Waals surface area contributed by atoms with Crippen LogP contribution in [0.4, 0.5) is 0 Å². The molecule has 1 fully saturated rings. The number of rotatable bonds is 2. The van der Waals surface area contributed by atoms with Crippen molar-refractivity contribution < 1.29 is 14.9 Å². The number of aromatic nitrogens is 3. The first-order valence-corrected chi connectivity index (χ1v) is 6.10. The molecule has 0 saturated carbocycles. The molecule has 0 aliphatic carbocycles. The van der Waals surface area contributed by atoms with Crippen molar-refractivity contribution in [2.24, 2.45) is 0 Å². The largest absolute Gasteiger partial charge is 0.394 e. The number of fused-ring (bicyclic) bond motifs is 1. The second-order valence-corrected chi connectivity index (χ2v) is 4.69. The van der Waals surface area contributed by atoms with Crippen molar-refractivity contribution >= 4 is 23.3 Å². The van der Waals surface area contributed by atoms with Gasteiger partial charge in [0, 0.05) is 12.6 Å². The van der Waals surface area contributed by atoms with E-state index in [1.54, 1.807) is 0 Å².